The summed E-state index contributed by atoms with van der Waals surface area (Å²) in [5, 5.41) is 0. The predicted molar refractivity (Wildman–Crippen MR) is 58.6 cm³/mol. The molecule has 0 saturated carbocycles. The van der Waals surface area contributed by atoms with Gasteiger partial charge in [-0.15, -0.1) is 0 Å². The Kier molecular flexibility index (Phi) is 2.94. The number of rotatable bonds is 2. The number of primary amides is 1. The first-order valence-electron chi connectivity index (χ1n) is 5.40. The van der Waals surface area contributed by atoms with E-state index in [-0.39, 0.29) is 17.7 Å². The fraction of sp³-hybridized carbons (Fsp3) is 0.455. The largest absolute Gasteiger partial charge is 0.369 e. The van der Waals surface area contributed by atoms with Gasteiger partial charge in [0.25, 0.3) is 5.91 Å². The number of nitrogens with zero attached hydrogens (tertiary/aromatic N) is 1. The normalized spacial score (nSPS) is 17.4. The molecule has 86 valence electrons. The molecule has 1 aliphatic heterocycles. The first-order valence-corrected chi connectivity index (χ1v) is 5.40. The number of nitrogens with two attached hydrogens (primary N) is 1. The number of hydrogen-bond acceptors (Lipinski definition) is 2. The molecule has 0 spiro atoms. The van der Waals surface area contributed by atoms with Crippen molar-refractivity contribution in [2.24, 2.45) is 11.7 Å². The molecule has 0 aliphatic carbocycles. The molecule has 2 heterocycles. The third-order valence-corrected chi connectivity index (χ3v) is 3.03. The zero-order chi connectivity index (χ0) is 11.5. The van der Waals surface area contributed by atoms with Gasteiger partial charge in [0.05, 0.1) is 5.56 Å². The Labute approximate surface area is 93.6 Å². The summed E-state index contributed by atoms with van der Waals surface area (Å²) in [6, 6.07) is 1.75. The van der Waals surface area contributed by atoms with Crippen LogP contribution in [0.15, 0.2) is 18.5 Å². The highest BCUT2D eigenvalue weighted by Gasteiger charge is 2.26. The van der Waals surface area contributed by atoms with Crippen LogP contribution >= 0.6 is 0 Å². The molecule has 1 aromatic rings. The van der Waals surface area contributed by atoms with E-state index in [4.69, 9.17) is 5.73 Å². The Hall–Kier alpha value is -1.78. The zero-order valence-electron chi connectivity index (χ0n) is 8.98. The Bertz CT molecular complexity index is 378. The van der Waals surface area contributed by atoms with Crippen LogP contribution in [-0.2, 0) is 4.79 Å². The minimum Gasteiger partial charge on any atom is -0.369 e. The molecular weight excluding hydrogens is 206 g/mol. The zero-order valence-corrected chi connectivity index (χ0v) is 8.98. The summed E-state index contributed by atoms with van der Waals surface area (Å²) < 4.78 is 0. The van der Waals surface area contributed by atoms with E-state index < -0.39 is 0 Å². The number of hydrogen-bond donors (Lipinski definition) is 2. The summed E-state index contributed by atoms with van der Waals surface area (Å²) in [7, 11) is 0. The van der Waals surface area contributed by atoms with E-state index in [2.05, 4.69) is 4.98 Å². The molecule has 5 heteroatoms. The van der Waals surface area contributed by atoms with E-state index in [0.29, 0.717) is 31.5 Å². The van der Waals surface area contributed by atoms with Crippen LogP contribution in [-0.4, -0.2) is 34.8 Å². The van der Waals surface area contributed by atoms with Gasteiger partial charge in [-0.05, 0) is 18.9 Å². The average Bonchev–Trinajstić information content (AvgIpc) is 2.81. The van der Waals surface area contributed by atoms with E-state index in [9.17, 15) is 9.59 Å². The number of carbonyl (C=O) groups is 2. The minimum atomic E-state index is -0.256. The summed E-state index contributed by atoms with van der Waals surface area (Å²) >= 11 is 0. The maximum absolute atomic E-state index is 11.9. The number of nitrogens with one attached hydrogen (secondary N) is 1. The highest BCUT2D eigenvalue weighted by atomic mass is 16.2. The quantitative estimate of drug-likeness (QED) is 0.755. The highest BCUT2D eigenvalue weighted by Crippen LogP contribution is 2.18. The van der Waals surface area contributed by atoms with Gasteiger partial charge in [0.2, 0.25) is 5.91 Å². The lowest BCUT2D eigenvalue weighted by atomic mass is 9.96. The smallest absolute Gasteiger partial charge is 0.255 e. The average molecular weight is 221 g/mol. The second-order valence-corrected chi connectivity index (χ2v) is 4.07. The van der Waals surface area contributed by atoms with Crippen molar-refractivity contribution in [1.82, 2.24) is 9.88 Å². The van der Waals surface area contributed by atoms with Gasteiger partial charge in [-0.2, -0.15) is 0 Å². The van der Waals surface area contributed by atoms with Crippen LogP contribution in [0.25, 0.3) is 0 Å². The van der Waals surface area contributed by atoms with Gasteiger partial charge in [-0.25, -0.2) is 0 Å². The molecule has 1 aliphatic rings. The van der Waals surface area contributed by atoms with Crippen molar-refractivity contribution < 1.29 is 9.59 Å². The first kappa shape index (κ1) is 10.7. The van der Waals surface area contributed by atoms with Crippen LogP contribution in [0.2, 0.25) is 0 Å². The summed E-state index contributed by atoms with van der Waals surface area (Å²) in [5.41, 5.74) is 5.90. The molecule has 0 radical (unpaired) electrons. The molecule has 5 nitrogen and oxygen atoms in total. The van der Waals surface area contributed by atoms with Gasteiger partial charge in [0, 0.05) is 31.4 Å². The number of amides is 2. The SMILES string of the molecule is NC(=O)C1CCN(C(=O)c2cc[nH]c2)CC1. The molecule has 0 bridgehead atoms. The van der Waals surface area contributed by atoms with Crippen LogP contribution < -0.4 is 5.73 Å². The number of likely N-dealkylation sites (tertiary alicyclic amines) is 1. The third-order valence-electron chi connectivity index (χ3n) is 3.03. The summed E-state index contributed by atoms with van der Waals surface area (Å²) in [5.74, 6) is -0.312. The molecule has 1 aromatic heterocycles. The van der Waals surface area contributed by atoms with Crippen molar-refractivity contribution in [3.63, 3.8) is 0 Å². The molecule has 0 unspecified atom stereocenters. The monoisotopic (exact) mass is 221 g/mol. The molecule has 16 heavy (non-hydrogen) atoms. The van der Waals surface area contributed by atoms with Crippen molar-refractivity contribution in [3.8, 4) is 0 Å². The lowest BCUT2D eigenvalue weighted by Crippen LogP contribution is -2.41. The van der Waals surface area contributed by atoms with Gasteiger partial charge >= 0.3 is 0 Å². The third kappa shape index (κ3) is 2.08. The second kappa shape index (κ2) is 4.38. The Morgan fingerprint density at radius 3 is 2.56 bits per heavy atom. The molecule has 2 amide bonds. The number of aromatic nitrogens is 1. The maximum Gasteiger partial charge on any atom is 0.255 e. The van der Waals surface area contributed by atoms with E-state index in [0.717, 1.165) is 0 Å². The van der Waals surface area contributed by atoms with Crippen LogP contribution in [0.1, 0.15) is 23.2 Å². The van der Waals surface area contributed by atoms with Gasteiger partial charge in [-0.1, -0.05) is 0 Å². The van der Waals surface area contributed by atoms with E-state index in [1.807, 2.05) is 0 Å². The number of aromatic amines is 1. The maximum atomic E-state index is 11.9. The molecule has 1 saturated heterocycles. The molecule has 0 aromatic carbocycles. The molecule has 3 N–H and O–H groups in total. The van der Waals surface area contributed by atoms with Crippen LogP contribution in [0.4, 0.5) is 0 Å². The minimum absolute atomic E-state index is 0.0178. The van der Waals surface area contributed by atoms with E-state index >= 15 is 0 Å². The van der Waals surface area contributed by atoms with Crippen LogP contribution in [0, 0.1) is 5.92 Å². The van der Waals surface area contributed by atoms with Crippen LogP contribution in [0.5, 0.6) is 0 Å². The van der Waals surface area contributed by atoms with Gasteiger partial charge in [0.1, 0.15) is 0 Å². The van der Waals surface area contributed by atoms with Crippen LogP contribution in [0.3, 0.4) is 0 Å². The summed E-state index contributed by atoms with van der Waals surface area (Å²) in [6.45, 7) is 1.22. The standard InChI is InChI=1S/C11H15N3O2/c12-10(15)8-2-5-14(6-3-8)11(16)9-1-4-13-7-9/h1,4,7-8,13H,2-3,5-6H2,(H2,12,15). The number of piperidine rings is 1. The highest BCUT2D eigenvalue weighted by molar-refractivity contribution is 5.94. The second-order valence-electron chi connectivity index (χ2n) is 4.07. The summed E-state index contributed by atoms with van der Waals surface area (Å²) in [4.78, 5) is 27.5. The van der Waals surface area contributed by atoms with E-state index in [1.165, 1.54) is 0 Å². The van der Waals surface area contributed by atoms with Gasteiger partial charge in [-0.3, -0.25) is 9.59 Å². The summed E-state index contributed by atoms with van der Waals surface area (Å²) in [6.07, 6.45) is 4.75. The topological polar surface area (TPSA) is 79.2 Å². The Morgan fingerprint density at radius 1 is 1.38 bits per heavy atom. The van der Waals surface area contributed by atoms with Crippen molar-refractivity contribution in [1.29, 1.82) is 0 Å². The van der Waals surface area contributed by atoms with Crippen molar-refractivity contribution in [3.05, 3.63) is 24.0 Å². The van der Waals surface area contributed by atoms with E-state index in [1.54, 1.807) is 23.4 Å². The molecule has 1 fully saturated rings. The van der Waals surface area contributed by atoms with Crippen molar-refractivity contribution >= 4 is 11.8 Å². The first-order chi connectivity index (χ1) is 7.68. The lowest BCUT2D eigenvalue weighted by Gasteiger charge is -2.30. The Morgan fingerprint density at radius 2 is 2.06 bits per heavy atom. The van der Waals surface area contributed by atoms with Gasteiger partial charge in [0.15, 0.2) is 0 Å². The number of H-pyrrole nitrogens is 1. The lowest BCUT2D eigenvalue weighted by molar-refractivity contribution is -0.123. The molecule has 2 rings (SSSR count). The molecular formula is C11H15N3O2. The fourth-order valence-electron chi connectivity index (χ4n) is 2.01. The van der Waals surface area contributed by atoms with Gasteiger partial charge < -0.3 is 15.6 Å². The van der Waals surface area contributed by atoms with Crippen molar-refractivity contribution in [2.75, 3.05) is 13.1 Å². The number of carbonyl (C=O) groups excluding carboxylic acids is 2. The van der Waals surface area contributed by atoms with Crippen molar-refractivity contribution in [2.45, 2.75) is 12.8 Å². The Balaban J connectivity index is 1.94. The predicted octanol–water partition coefficient (Wildman–Crippen LogP) is 0.352. The fourth-order valence-corrected chi connectivity index (χ4v) is 2.01. The molecule has 0 atom stereocenters.